The molecule has 3 rings (SSSR count). The van der Waals surface area contributed by atoms with E-state index in [4.69, 9.17) is 21.1 Å². The molecule has 0 bridgehead atoms. The van der Waals surface area contributed by atoms with Crippen LogP contribution in [-0.4, -0.2) is 26.7 Å². The summed E-state index contributed by atoms with van der Waals surface area (Å²) in [5.74, 6) is 0.801. The highest BCUT2D eigenvalue weighted by Crippen LogP contribution is 2.36. The first-order valence-electron chi connectivity index (χ1n) is 7.72. The number of halogens is 2. The summed E-state index contributed by atoms with van der Waals surface area (Å²) in [5, 5.41) is 6.62. The number of nitrogens with one attached hydrogen (secondary N) is 2. The van der Waals surface area contributed by atoms with E-state index in [1.165, 1.54) is 14.2 Å². The summed E-state index contributed by atoms with van der Waals surface area (Å²) in [6, 6.07) is 8.99. The second-order valence-electron chi connectivity index (χ2n) is 5.50. The summed E-state index contributed by atoms with van der Waals surface area (Å²) < 4.78 is 10.5. The average molecular weight is 383 g/mol. The number of ether oxygens (including phenoxy) is 2. The zero-order valence-corrected chi connectivity index (χ0v) is 15.6. The number of methoxy groups -OCH3 is 2. The average Bonchev–Trinajstić information content (AvgIpc) is 2.61. The van der Waals surface area contributed by atoms with E-state index >= 15 is 0 Å². The SMILES string of the molecule is COc1cc(OC)c(NC(=O)c2cccc3c2CCCN3)cc1Cl.Cl. The van der Waals surface area contributed by atoms with Gasteiger partial charge in [-0.15, -0.1) is 12.4 Å². The lowest BCUT2D eigenvalue weighted by atomic mass is 9.97. The molecule has 5 nitrogen and oxygen atoms in total. The maximum Gasteiger partial charge on any atom is 0.256 e. The van der Waals surface area contributed by atoms with Gasteiger partial charge in [-0.2, -0.15) is 0 Å². The van der Waals surface area contributed by atoms with Gasteiger partial charge in [-0.3, -0.25) is 4.79 Å². The summed E-state index contributed by atoms with van der Waals surface area (Å²) in [4.78, 5) is 12.8. The maximum absolute atomic E-state index is 12.8. The second kappa shape index (κ2) is 8.32. The third-order valence-electron chi connectivity index (χ3n) is 4.06. The third-order valence-corrected chi connectivity index (χ3v) is 4.36. The molecule has 1 amide bonds. The smallest absolute Gasteiger partial charge is 0.256 e. The van der Waals surface area contributed by atoms with Gasteiger partial charge in [0.2, 0.25) is 0 Å². The highest BCUT2D eigenvalue weighted by Gasteiger charge is 2.19. The van der Waals surface area contributed by atoms with Crippen LogP contribution in [0.4, 0.5) is 11.4 Å². The van der Waals surface area contributed by atoms with Crippen molar-refractivity contribution in [1.29, 1.82) is 0 Å². The zero-order valence-electron chi connectivity index (χ0n) is 14.0. The summed E-state index contributed by atoms with van der Waals surface area (Å²) in [7, 11) is 3.06. The van der Waals surface area contributed by atoms with E-state index in [9.17, 15) is 4.79 Å². The van der Waals surface area contributed by atoms with Crippen molar-refractivity contribution in [3.63, 3.8) is 0 Å². The molecule has 2 aromatic rings. The molecule has 0 fully saturated rings. The minimum atomic E-state index is -0.185. The van der Waals surface area contributed by atoms with Crippen molar-refractivity contribution in [3.05, 3.63) is 46.5 Å². The fourth-order valence-electron chi connectivity index (χ4n) is 2.87. The molecular formula is C18H20Cl2N2O3. The number of carbonyl (C=O) groups is 1. The molecule has 134 valence electrons. The van der Waals surface area contributed by atoms with E-state index in [2.05, 4.69) is 10.6 Å². The van der Waals surface area contributed by atoms with Crippen LogP contribution in [0.15, 0.2) is 30.3 Å². The van der Waals surface area contributed by atoms with Crippen LogP contribution in [0.25, 0.3) is 0 Å². The van der Waals surface area contributed by atoms with E-state index in [1.54, 1.807) is 12.1 Å². The number of fused-ring (bicyclic) bond motifs is 1. The lowest BCUT2D eigenvalue weighted by molar-refractivity contribution is 0.102. The molecule has 0 atom stereocenters. The highest BCUT2D eigenvalue weighted by atomic mass is 35.5. The van der Waals surface area contributed by atoms with Crippen LogP contribution in [0, 0.1) is 0 Å². The summed E-state index contributed by atoms with van der Waals surface area (Å²) >= 11 is 6.16. The molecule has 0 spiro atoms. The van der Waals surface area contributed by atoms with E-state index in [-0.39, 0.29) is 18.3 Å². The molecular weight excluding hydrogens is 363 g/mol. The van der Waals surface area contributed by atoms with Crippen molar-refractivity contribution in [2.45, 2.75) is 12.8 Å². The largest absolute Gasteiger partial charge is 0.495 e. The van der Waals surface area contributed by atoms with Crippen LogP contribution >= 0.6 is 24.0 Å². The fraction of sp³-hybridized carbons (Fsp3) is 0.278. The normalized spacial score (nSPS) is 12.3. The minimum absolute atomic E-state index is 0. The lowest BCUT2D eigenvalue weighted by Crippen LogP contribution is -2.19. The number of rotatable bonds is 4. The maximum atomic E-state index is 12.8. The molecule has 1 heterocycles. The summed E-state index contributed by atoms with van der Waals surface area (Å²) in [6.45, 7) is 0.931. The molecule has 2 N–H and O–H groups in total. The Morgan fingerprint density at radius 2 is 1.96 bits per heavy atom. The van der Waals surface area contributed by atoms with Crippen molar-refractivity contribution >= 4 is 41.3 Å². The number of anilines is 2. The van der Waals surface area contributed by atoms with Crippen LogP contribution in [0.5, 0.6) is 11.5 Å². The predicted octanol–water partition coefficient (Wildman–Crippen LogP) is 4.39. The molecule has 1 aliphatic heterocycles. The van der Waals surface area contributed by atoms with Gasteiger partial charge in [-0.1, -0.05) is 17.7 Å². The Morgan fingerprint density at radius 3 is 2.68 bits per heavy atom. The van der Waals surface area contributed by atoms with Crippen molar-refractivity contribution in [2.24, 2.45) is 0 Å². The van der Waals surface area contributed by atoms with Crippen LogP contribution in [0.1, 0.15) is 22.3 Å². The van der Waals surface area contributed by atoms with E-state index < -0.39 is 0 Å². The van der Waals surface area contributed by atoms with Gasteiger partial charge in [0, 0.05) is 23.9 Å². The summed E-state index contributed by atoms with van der Waals surface area (Å²) in [6.07, 6.45) is 1.89. The van der Waals surface area contributed by atoms with Crippen molar-refractivity contribution in [1.82, 2.24) is 0 Å². The molecule has 2 aromatic carbocycles. The number of hydrogen-bond donors (Lipinski definition) is 2. The molecule has 0 radical (unpaired) electrons. The second-order valence-corrected chi connectivity index (χ2v) is 5.91. The highest BCUT2D eigenvalue weighted by molar-refractivity contribution is 6.32. The first-order valence-corrected chi connectivity index (χ1v) is 8.10. The molecule has 1 aliphatic rings. The quantitative estimate of drug-likeness (QED) is 0.822. The third kappa shape index (κ3) is 3.94. The Labute approximate surface area is 158 Å². The van der Waals surface area contributed by atoms with Gasteiger partial charge in [-0.25, -0.2) is 0 Å². The van der Waals surface area contributed by atoms with Crippen LogP contribution in [-0.2, 0) is 6.42 Å². The fourth-order valence-corrected chi connectivity index (χ4v) is 3.11. The van der Waals surface area contributed by atoms with Gasteiger partial charge < -0.3 is 20.1 Å². The predicted molar refractivity (Wildman–Crippen MR) is 103 cm³/mol. The first-order chi connectivity index (χ1) is 11.6. The number of carbonyl (C=O) groups excluding carboxylic acids is 1. The molecule has 0 saturated heterocycles. The Morgan fingerprint density at radius 1 is 1.20 bits per heavy atom. The van der Waals surface area contributed by atoms with E-state index in [0.29, 0.717) is 27.8 Å². The molecule has 0 aromatic heterocycles. The molecule has 7 heteroatoms. The Balaban J connectivity index is 0.00000225. The first kappa shape index (κ1) is 19.2. The van der Waals surface area contributed by atoms with Crippen molar-refractivity contribution < 1.29 is 14.3 Å². The van der Waals surface area contributed by atoms with E-state index in [0.717, 1.165) is 30.6 Å². The Hall–Kier alpha value is -2.11. The summed E-state index contributed by atoms with van der Waals surface area (Å²) in [5.41, 5.74) is 3.23. The molecule has 25 heavy (non-hydrogen) atoms. The van der Waals surface area contributed by atoms with Gasteiger partial charge >= 0.3 is 0 Å². The monoisotopic (exact) mass is 382 g/mol. The van der Waals surface area contributed by atoms with Crippen LogP contribution < -0.4 is 20.1 Å². The van der Waals surface area contributed by atoms with Gasteiger partial charge in [0.05, 0.1) is 24.9 Å². The van der Waals surface area contributed by atoms with Gasteiger partial charge in [-0.05, 0) is 36.6 Å². The standard InChI is InChI=1S/C18H19ClN2O3.ClH/c1-23-16-10-17(24-2)15(9-13(16)19)21-18(22)12-5-3-7-14-11(12)6-4-8-20-14;/h3,5,7,9-10,20H,4,6,8H2,1-2H3,(H,21,22);1H. The van der Waals surface area contributed by atoms with E-state index in [1.807, 2.05) is 18.2 Å². The minimum Gasteiger partial charge on any atom is -0.495 e. The van der Waals surface area contributed by atoms with Crippen molar-refractivity contribution in [3.8, 4) is 11.5 Å². The van der Waals surface area contributed by atoms with Crippen LogP contribution in [0.3, 0.4) is 0 Å². The van der Waals surface area contributed by atoms with Gasteiger partial charge in [0.25, 0.3) is 5.91 Å². The van der Waals surface area contributed by atoms with Crippen LogP contribution in [0.2, 0.25) is 5.02 Å². The molecule has 0 unspecified atom stereocenters. The van der Waals surface area contributed by atoms with Gasteiger partial charge in [0.1, 0.15) is 11.5 Å². The van der Waals surface area contributed by atoms with Crippen molar-refractivity contribution in [2.75, 3.05) is 31.4 Å². The lowest BCUT2D eigenvalue weighted by Gasteiger charge is -2.21. The molecule has 0 saturated carbocycles. The zero-order chi connectivity index (χ0) is 17.1. The number of hydrogen-bond acceptors (Lipinski definition) is 4. The Kier molecular flexibility index (Phi) is 6.39. The van der Waals surface area contributed by atoms with Gasteiger partial charge in [0.15, 0.2) is 0 Å². The number of benzene rings is 2. The Bertz CT molecular complexity index is 781. The topological polar surface area (TPSA) is 59.6 Å². The molecule has 0 aliphatic carbocycles. The number of amides is 1.